The molecule has 0 aliphatic carbocycles. The molecule has 0 aliphatic heterocycles. The maximum Gasteiger partial charge on any atom is 0.125 e. The zero-order valence-electron chi connectivity index (χ0n) is 9.73. The highest BCUT2D eigenvalue weighted by Gasteiger charge is 2.01. The average molecular weight is 237 g/mol. The zero-order valence-corrected chi connectivity index (χ0v) is 9.73. The van der Waals surface area contributed by atoms with Crippen molar-refractivity contribution in [1.29, 1.82) is 0 Å². The lowest BCUT2D eigenvalue weighted by atomic mass is 10.1. The molecule has 0 saturated carbocycles. The molecule has 0 unspecified atom stereocenters. The van der Waals surface area contributed by atoms with Gasteiger partial charge in [-0.2, -0.15) is 0 Å². The number of benzene rings is 3. The van der Waals surface area contributed by atoms with E-state index in [1.807, 2.05) is 30.3 Å². The molecule has 88 valence electrons. The summed E-state index contributed by atoms with van der Waals surface area (Å²) in [5.41, 5.74) is 1.74. The van der Waals surface area contributed by atoms with Gasteiger partial charge in [0.25, 0.3) is 0 Å². The molecule has 2 heteroatoms. The minimum absolute atomic E-state index is 0.236. The van der Waals surface area contributed by atoms with E-state index >= 15 is 0 Å². The van der Waals surface area contributed by atoms with E-state index < -0.39 is 0 Å². The smallest absolute Gasteiger partial charge is 0.125 e. The number of rotatable bonds is 2. The molecule has 0 spiro atoms. The van der Waals surface area contributed by atoms with E-state index in [9.17, 15) is 4.39 Å². The second kappa shape index (κ2) is 4.49. The molecule has 1 N–H and O–H groups in total. The molecule has 1 nitrogen and oxygen atoms in total. The highest BCUT2D eigenvalue weighted by molar-refractivity contribution is 5.95. The van der Waals surface area contributed by atoms with Crippen LogP contribution in [-0.4, -0.2) is 0 Å². The Balaban J connectivity index is 2.05. The van der Waals surface area contributed by atoms with Crippen LogP contribution in [0, 0.1) is 5.82 Å². The van der Waals surface area contributed by atoms with E-state index in [2.05, 4.69) is 23.5 Å². The number of fused-ring (bicyclic) bond motifs is 1. The SMILES string of the molecule is Fc1cccc(Nc2cccc3ccccc23)c1. The van der Waals surface area contributed by atoms with Crippen molar-refractivity contribution in [1.82, 2.24) is 0 Å². The summed E-state index contributed by atoms with van der Waals surface area (Å²) >= 11 is 0. The van der Waals surface area contributed by atoms with E-state index in [-0.39, 0.29) is 5.82 Å². The van der Waals surface area contributed by atoms with Gasteiger partial charge in [0.2, 0.25) is 0 Å². The van der Waals surface area contributed by atoms with Crippen molar-refractivity contribution < 1.29 is 4.39 Å². The van der Waals surface area contributed by atoms with Gasteiger partial charge in [-0.15, -0.1) is 0 Å². The van der Waals surface area contributed by atoms with Crippen LogP contribution in [0.4, 0.5) is 15.8 Å². The number of nitrogens with one attached hydrogen (secondary N) is 1. The van der Waals surface area contributed by atoms with Gasteiger partial charge in [-0.3, -0.25) is 0 Å². The topological polar surface area (TPSA) is 12.0 Å². The molecule has 3 aromatic carbocycles. The maximum absolute atomic E-state index is 13.1. The fourth-order valence-corrected chi connectivity index (χ4v) is 2.06. The maximum atomic E-state index is 13.1. The molecule has 0 amide bonds. The first-order valence-corrected chi connectivity index (χ1v) is 5.83. The lowest BCUT2D eigenvalue weighted by Gasteiger charge is -2.09. The van der Waals surface area contributed by atoms with Gasteiger partial charge in [0.05, 0.1) is 0 Å². The summed E-state index contributed by atoms with van der Waals surface area (Å²) in [4.78, 5) is 0. The molecule has 0 bridgehead atoms. The first-order valence-electron chi connectivity index (χ1n) is 5.83. The van der Waals surface area contributed by atoms with Crippen LogP contribution in [-0.2, 0) is 0 Å². The van der Waals surface area contributed by atoms with Crippen molar-refractivity contribution in [2.24, 2.45) is 0 Å². The normalized spacial score (nSPS) is 10.5. The van der Waals surface area contributed by atoms with Crippen LogP contribution >= 0.6 is 0 Å². The molecule has 0 fully saturated rings. The number of halogens is 1. The van der Waals surface area contributed by atoms with Crippen LogP contribution in [0.1, 0.15) is 0 Å². The van der Waals surface area contributed by atoms with Crippen LogP contribution in [0.15, 0.2) is 66.7 Å². The predicted octanol–water partition coefficient (Wildman–Crippen LogP) is 4.72. The molecule has 0 aliphatic rings. The van der Waals surface area contributed by atoms with Crippen LogP contribution in [0.5, 0.6) is 0 Å². The van der Waals surface area contributed by atoms with Crippen LogP contribution in [0.25, 0.3) is 10.8 Å². The van der Waals surface area contributed by atoms with E-state index in [1.54, 1.807) is 6.07 Å². The third kappa shape index (κ3) is 2.05. The standard InChI is InChI=1S/C16H12FN/c17-13-7-4-8-14(11-13)18-16-10-3-6-12-5-1-2-9-15(12)16/h1-11,18H. The fourth-order valence-electron chi connectivity index (χ4n) is 2.06. The highest BCUT2D eigenvalue weighted by atomic mass is 19.1. The Kier molecular flexibility index (Phi) is 2.69. The molecule has 0 aromatic heterocycles. The molecular weight excluding hydrogens is 225 g/mol. The van der Waals surface area contributed by atoms with E-state index in [4.69, 9.17) is 0 Å². The lowest BCUT2D eigenvalue weighted by molar-refractivity contribution is 0.628. The van der Waals surface area contributed by atoms with Gasteiger partial charge < -0.3 is 5.32 Å². The third-order valence-electron chi connectivity index (χ3n) is 2.89. The second-order valence-electron chi connectivity index (χ2n) is 4.16. The van der Waals surface area contributed by atoms with Gasteiger partial charge in [-0.1, -0.05) is 42.5 Å². The van der Waals surface area contributed by atoms with Crippen LogP contribution < -0.4 is 5.32 Å². The Hall–Kier alpha value is -2.35. The molecular formula is C16H12FN. The Morgan fingerprint density at radius 3 is 2.44 bits per heavy atom. The lowest BCUT2D eigenvalue weighted by Crippen LogP contribution is -1.91. The van der Waals surface area contributed by atoms with Crippen molar-refractivity contribution in [3.63, 3.8) is 0 Å². The van der Waals surface area contributed by atoms with Gasteiger partial charge >= 0.3 is 0 Å². The van der Waals surface area contributed by atoms with Gasteiger partial charge in [0.15, 0.2) is 0 Å². The van der Waals surface area contributed by atoms with Crippen molar-refractivity contribution >= 4 is 22.1 Å². The average Bonchev–Trinajstić information content (AvgIpc) is 2.39. The van der Waals surface area contributed by atoms with Gasteiger partial charge in [0, 0.05) is 16.8 Å². The zero-order chi connectivity index (χ0) is 12.4. The molecule has 0 radical (unpaired) electrons. The largest absolute Gasteiger partial charge is 0.355 e. The first-order chi connectivity index (χ1) is 8.83. The summed E-state index contributed by atoms with van der Waals surface area (Å²) < 4.78 is 13.1. The molecule has 0 atom stereocenters. The Morgan fingerprint density at radius 2 is 1.56 bits per heavy atom. The van der Waals surface area contributed by atoms with E-state index in [0.717, 1.165) is 16.8 Å². The van der Waals surface area contributed by atoms with Crippen molar-refractivity contribution in [3.8, 4) is 0 Å². The van der Waals surface area contributed by atoms with Crippen molar-refractivity contribution in [2.45, 2.75) is 0 Å². The molecule has 0 heterocycles. The summed E-state index contributed by atoms with van der Waals surface area (Å²) in [6, 6.07) is 20.6. The fraction of sp³-hybridized carbons (Fsp3) is 0. The van der Waals surface area contributed by atoms with Gasteiger partial charge in [-0.25, -0.2) is 4.39 Å². The van der Waals surface area contributed by atoms with Crippen molar-refractivity contribution in [3.05, 3.63) is 72.5 Å². The summed E-state index contributed by atoms with van der Waals surface area (Å²) in [7, 11) is 0. The summed E-state index contributed by atoms with van der Waals surface area (Å²) in [5, 5.41) is 5.54. The molecule has 18 heavy (non-hydrogen) atoms. The predicted molar refractivity (Wildman–Crippen MR) is 73.6 cm³/mol. The van der Waals surface area contributed by atoms with E-state index in [0.29, 0.717) is 0 Å². The monoisotopic (exact) mass is 237 g/mol. The number of hydrogen-bond donors (Lipinski definition) is 1. The van der Waals surface area contributed by atoms with Crippen LogP contribution in [0.2, 0.25) is 0 Å². The number of hydrogen-bond acceptors (Lipinski definition) is 1. The Labute approximate surface area is 105 Å². The summed E-state index contributed by atoms with van der Waals surface area (Å²) in [5.74, 6) is -0.236. The number of anilines is 2. The quantitative estimate of drug-likeness (QED) is 0.679. The summed E-state index contributed by atoms with van der Waals surface area (Å²) in [6.07, 6.45) is 0. The Bertz CT molecular complexity index is 686. The van der Waals surface area contributed by atoms with Crippen LogP contribution in [0.3, 0.4) is 0 Å². The molecule has 0 saturated heterocycles. The second-order valence-corrected chi connectivity index (χ2v) is 4.16. The van der Waals surface area contributed by atoms with Crippen molar-refractivity contribution in [2.75, 3.05) is 5.32 Å². The Morgan fingerprint density at radius 1 is 0.778 bits per heavy atom. The van der Waals surface area contributed by atoms with Gasteiger partial charge in [0.1, 0.15) is 5.82 Å². The van der Waals surface area contributed by atoms with Gasteiger partial charge in [-0.05, 0) is 29.7 Å². The molecule has 3 aromatic rings. The first kappa shape index (κ1) is 10.8. The van der Waals surface area contributed by atoms with E-state index in [1.165, 1.54) is 17.5 Å². The third-order valence-corrected chi connectivity index (χ3v) is 2.89. The minimum atomic E-state index is -0.236. The molecule has 3 rings (SSSR count). The highest BCUT2D eigenvalue weighted by Crippen LogP contribution is 2.26. The minimum Gasteiger partial charge on any atom is -0.355 e. The summed E-state index contributed by atoms with van der Waals surface area (Å²) in [6.45, 7) is 0.